The van der Waals surface area contributed by atoms with E-state index >= 15 is 0 Å². The standard InChI is InChI=1S/C20H13Cl2N3O4/c21-13-6-9-17(18(22)10-13)20(27)23-14-7-4-12(5-8-14)19(26)24-15-2-1-3-16(11-15)25(28)29/h1-11H,(H,23,27)(H,24,26). The van der Waals surface area contributed by atoms with Crippen LogP contribution in [0, 0.1) is 10.1 Å². The van der Waals surface area contributed by atoms with Crippen molar-refractivity contribution < 1.29 is 14.5 Å². The SMILES string of the molecule is O=C(Nc1cccc([N+](=O)[O-])c1)c1ccc(NC(=O)c2ccc(Cl)cc2Cl)cc1. The van der Waals surface area contributed by atoms with Crippen LogP contribution in [0.4, 0.5) is 17.1 Å². The fourth-order valence-electron chi connectivity index (χ4n) is 2.48. The number of nitrogens with one attached hydrogen (secondary N) is 2. The van der Waals surface area contributed by atoms with Crippen molar-refractivity contribution in [3.05, 3.63) is 98.0 Å². The number of hydrogen-bond acceptors (Lipinski definition) is 4. The molecule has 3 aromatic carbocycles. The number of non-ortho nitro benzene ring substituents is 1. The minimum atomic E-state index is -0.542. The summed E-state index contributed by atoms with van der Waals surface area (Å²) in [6.07, 6.45) is 0. The molecule has 0 saturated heterocycles. The summed E-state index contributed by atoms with van der Waals surface area (Å²) < 4.78 is 0. The van der Waals surface area contributed by atoms with E-state index in [-0.39, 0.29) is 16.3 Å². The number of benzene rings is 3. The number of rotatable bonds is 5. The van der Waals surface area contributed by atoms with Crippen LogP contribution in [-0.2, 0) is 0 Å². The number of nitro groups is 1. The molecule has 0 heterocycles. The van der Waals surface area contributed by atoms with E-state index in [4.69, 9.17) is 23.2 Å². The van der Waals surface area contributed by atoms with Crippen molar-refractivity contribution in [3.63, 3.8) is 0 Å². The van der Waals surface area contributed by atoms with Gasteiger partial charge in [-0.25, -0.2) is 0 Å². The van der Waals surface area contributed by atoms with Crippen LogP contribution in [0.2, 0.25) is 10.0 Å². The van der Waals surface area contributed by atoms with Gasteiger partial charge in [-0.2, -0.15) is 0 Å². The quantitative estimate of drug-likeness (QED) is 0.418. The summed E-state index contributed by atoms with van der Waals surface area (Å²) in [5.74, 6) is -0.857. The predicted octanol–water partition coefficient (Wildman–Crippen LogP) is 5.41. The second kappa shape index (κ2) is 8.72. The van der Waals surface area contributed by atoms with Crippen molar-refractivity contribution in [2.45, 2.75) is 0 Å². The van der Waals surface area contributed by atoms with Gasteiger partial charge in [0.15, 0.2) is 0 Å². The smallest absolute Gasteiger partial charge is 0.271 e. The normalized spacial score (nSPS) is 10.3. The highest BCUT2D eigenvalue weighted by Gasteiger charge is 2.13. The van der Waals surface area contributed by atoms with Gasteiger partial charge in [-0.1, -0.05) is 29.3 Å². The molecule has 9 heteroatoms. The second-order valence-corrected chi connectivity index (χ2v) is 6.76. The number of carbonyl (C=O) groups excluding carboxylic acids is 2. The molecule has 0 aliphatic carbocycles. The number of nitro benzene ring substituents is 1. The van der Waals surface area contributed by atoms with E-state index in [0.717, 1.165) is 0 Å². The molecule has 7 nitrogen and oxygen atoms in total. The fourth-order valence-corrected chi connectivity index (χ4v) is 2.97. The molecule has 0 atom stereocenters. The van der Waals surface area contributed by atoms with Gasteiger partial charge < -0.3 is 10.6 Å². The maximum atomic E-state index is 12.3. The fraction of sp³-hybridized carbons (Fsp3) is 0. The topological polar surface area (TPSA) is 101 Å². The van der Waals surface area contributed by atoms with Crippen molar-refractivity contribution >= 4 is 52.1 Å². The Morgan fingerprint density at radius 3 is 2.17 bits per heavy atom. The Hall–Kier alpha value is -3.42. The molecule has 3 aromatic rings. The van der Waals surface area contributed by atoms with Crippen LogP contribution >= 0.6 is 23.2 Å². The van der Waals surface area contributed by atoms with Crippen LogP contribution in [-0.4, -0.2) is 16.7 Å². The highest BCUT2D eigenvalue weighted by molar-refractivity contribution is 6.37. The van der Waals surface area contributed by atoms with Crippen molar-refractivity contribution in [2.24, 2.45) is 0 Å². The Bertz CT molecular complexity index is 1100. The first-order valence-corrected chi connectivity index (χ1v) is 9.01. The molecule has 0 radical (unpaired) electrons. The summed E-state index contributed by atoms with van der Waals surface area (Å²) in [6.45, 7) is 0. The highest BCUT2D eigenvalue weighted by Crippen LogP contribution is 2.22. The molecule has 0 bridgehead atoms. The monoisotopic (exact) mass is 429 g/mol. The van der Waals surface area contributed by atoms with Crippen molar-refractivity contribution in [1.82, 2.24) is 0 Å². The van der Waals surface area contributed by atoms with Crippen LogP contribution in [0.15, 0.2) is 66.7 Å². The van der Waals surface area contributed by atoms with Crippen LogP contribution in [0.1, 0.15) is 20.7 Å². The Morgan fingerprint density at radius 1 is 0.828 bits per heavy atom. The molecular weight excluding hydrogens is 417 g/mol. The summed E-state index contributed by atoms with van der Waals surface area (Å²) in [5.41, 5.74) is 1.23. The third-order valence-corrected chi connectivity index (χ3v) is 4.44. The first kappa shape index (κ1) is 20.3. The average molecular weight is 430 g/mol. The van der Waals surface area contributed by atoms with Crippen LogP contribution in [0.3, 0.4) is 0 Å². The van der Waals surface area contributed by atoms with Gasteiger partial charge in [0.1, 0.15) is 0 Å². The lowest BCUT2D eigenvalue weighted by Crippen LogP contribution is -2.14. The van der Waals surface area contributed by atoms with Crippen LogP contribution in [0.5, 0.6) is 0 Å². The number of hydrogen-bond donors (Lipinski definition) is 2. The third-order valence-electron chi connectivity index (χ3n) is 3.90. The lowest BCUT2D eigenvalue weighted by atomic mass is 10.1. The number of anilines is 2. The largest absolute Gasteiger partial charge is 0.322 e. The maximum Gasteiger partial charge on any atom is 0.271 e. The molecule has 146 valence electrons. The van der Waals surface area contributed by atoms with E-state index in [1.165, 1.54) is 42.5 Å². The number of nitrogens with zero attached hydrogens (tertiary/aromatic N) is 1. The molecule has 0 fully saturated rings. The molecule has 0 aromatic heterocycles. The van der Waals surface area contributed by atoms with E-state index in [2.05, 4.69) is 10.6 Å². The van der Waals surface area contributed by atoms with Gasteiger partial charge in [-0.3, -0.25) is 19.7 Å². The molecule has 2 N–H and O–H groups in total. The van der Waals surface area contributed by atoms with Crippen molar-refractivity contribution in [3.8, 4) is 0 Å². The van der Waals surface area contributed by atoms with Gasteiger partial charge in [-0.05, 0) is 48.5 Å². The van der Waals surface area contributed by atoms with E-state index in [9.17, 15) is 19.7 Å². The zero-order valence-electron chi connectivity index (χ0n) is 14.7. The average Bonchev–Trinajstić information content (AvgIpc) is 2.68. The van der Waals surface area contributed by atoms with E-state index in [1.54, 1.807) is 24.3 Å². The summed E-state index contributed by atoms with van der Waals surface area (Å²) in [5, 5.41) is 16.7. The predicted molar refractivity (Wildman–Crippen MR) is 112 cm³/mol. The summed E-state index contributed by atoms with van der Waals surface area (Å²) >= 11 is 11.8. The van der Waals surface area contributed by atoms with Crippen molar-refractivity contribution in [2.75, 3.05) is 10.6 Å². The first-order chi connectivity index (χ1) is 13.8. The van der Waals surface area contributed by atoms with Crippen LogP contribution < -0.4 is 10.6 Å². The van der Waals surface area contributed by atoms with Gasteiger partial charge in [0, 0.05) is 34.1 Å². The summed E-state index contributed by atoms with van der Waals surface area (Å²) in [7, 11) is 0. The molecule has 0 spiro atoms. The third kappa shape index (κ3) is 5.10. The highest BCUT2D eigenvalue weighted by atomic mass is 35.5. The molecule has 3 rings (SSSR count). The number of carbonyl (C=O) groups is 2. The molecule has 2 amide bonds. The molecule has 29 heavy (non-hydrogen) atoms. The maximum absolute atomic E-state index is 12.3. The number of amides is 2. The Morgan fingerprint density at radius 2 is 1.52 bits per heavy atom. The summed E-state index contributed by atoms with van der Waals surface area (Å²) in [6, 6.07) is 16.3. The molecule has 0 aliphatic rings. The lowest BCUT2D eigenvalue weighted by molar-refractivity contribution is -0.384. The summed E-state index contributed by atoms with van der Waals surface area (Å²) in [4.78, 5) is 34.9. The van der Waals surface area contributed by atoms with Crippen LogP contribution in [0.25, 0.3) is 0 Å². The van der Waals surface area contributed by atoms with Gasteiger partial charge in [0.25, 0.3) is 17.5 Å². The molecule has 0 saturated carbocycles. The second-order valence-electron chi connectivity index (χ2n) is 5.92. The zero-order valence-corrected chi connectivity index (χ0v) is 16.2. The Labute approximate surface area is 175 Å². The number of halogens is 2. The Kier molecular flexibility index (Phi) is 6.11. The minimum absolute atomic E-state index is 0.123. The van der Waals surface area contributed by atoms with E-state index in [1.807, 2.05) is 0 Å². The molecular formula is C20H13Cl2N3O4. The van der Waals surface area contributed by atoms with E-state index in [0.29, 0.717) is 22.0 Å². The molecule has 0 unspecified atom stereocenters. The minimum Gasteiger partial charge on any atom is -0.322 e. The first-order valence-electron chi connectivity index (χ1n) is 8.26. The zero-order chi connectivity index (χ0) is 21.0. The van der Waals surface area contributed by atoms with Gasteiger partial charge in [0.05, 0.1) is 15.5 Å². The van der Waals surface area contributed by atoms with E-state index < -0.39 is 16.7 Å². The van der Waals surface area contributed by atoms with Gasteiger partial charge in [0.2, 0.25) is 0 Å². The van der Waals surface area contributed by atoms with Crippen molar-refractivity contribution in [1.29, 1.82) is 0 Å². The lowest BCUT2D eigenvalue weighted by Gasteiger charge is -2.09. The Balaban J connectivity index is 1.68. The van der Waals surface area contributed by atoms with Gasteiger partial charge >= 0.3 is 0 Å². The van der Waals surface area contributed by atoms with Gasteiger partial charge in [-0.15, -0.1) is 0 Å². The molecule has 0 aliphatic heterocycles.